The number of carbonyl (C=O) groups is 1. The van der Waals surface area contributed by atoms with E-state index in [-0.39, 0.29) is 11.9 Å². The molecule has 20 heavy (non-hydrogen) atoms. The van der Waals surface area contributed by atoms with Gasteiger partial charge in [-0.05, 0) is 48.4 Å². The van der Waals surface area contributed by atoms with Gasteiger partial charge >= 0.3 is 0 Å². The van der Waals surface area contributed by atoms with Crippen molar-refractivity contribution in [3.8, 4) is 0 Å². The highest BCUT2D eigenvalue weighted by atomic mass is 32.1. The predicted molar refractivity (Wildman–Crippen MR) is 79.6 cm³/mol. The molecule has 1 atom stereocenters. The average Bonchev–Trinajstić information content (AvgIpc) is 2.97. The summed E-state index contributed by atoms with van der Waals surface area (Å²) in [4.78, 5) is 17.8. The Kier molecular flexibility index (Phi) is 3.80. The molecule has 0 aromatic carbocycles. The van der Waals surface area contributed by atoms with E-state index in [1.807, 2.05) is 0 Å². The Morgan fingerprint density at radius 3 is 3.25 bits per heavy atom. The second-order valence-electron chi connectivity index (χ2n) is 4.96. The molecule has 0 spiro atoms. The van der Waals surface area contributed by atoms with Gasteiger partial charge in [-0.15, -0.1) is 11.3 Å². The van der Waals surface area contributed by atoms with Crippen molar-refractivity contribution in [2.75, 3.05) is 0 Å². The van der Waals surface area contributed by atoms with Crippen LogP contribution in [-0.2, 0) is 13.0 Å². The highest BCUT2D eigenvalue weighted by Crippen LogP contribution is 2.33. The van der Waals surface area contributed by atoms with Gasteiger partial charge in [0.05, 0.1) is 11.7 Å². The molecule has 4 nitrogen and oxygen atoms in total. The number of hydrogen-bond acceptors (Lipinski definition) is 4. The van der Waals surface area contributed by atoms with E-state index in [1.54, 1.807) is 29.7 Å². The predicted octanol–water partition coefficient (Wildman–Crippen LogP) is 2.41. The lowest BCUT2D eigenvalue weighted by Gasteiger charge is -2.23. The van der Waals surface area contributed by atoms with Gasteiger partial charge in [0.25, 0.3) is 5.91 Å². The Morgan fingerprint density at radius 2 is 2.40 bits per heavy atom. The van der Waals surface area contributed by atoms with Crippen molar-refractivity contribution in [1.29, 1.82) is 0 Å². The van der Waals surface area contributed by atoms with Crippen molar-refractivity contribution in [2.45, 2.75) is 31.8 Å². The quantitative estimate of drug-likeness (QED) is 0.911. The van der Waals surface area contributed by atoms with Crippen LogP contribution in [0.25, 0.3) is 0 Å². The molecule has 0 saturated carbocycles. The van der Waals surface area contributed by atoms with Crippen LogP contribution in [0, 0.1) is 0 Å². The molecule has 2 aromatic rings. The summed E-state index contributed by atoms with van der Waals surface area (Å²) in [5.41, 5.74) is 8.20. The third-order valence-electron chi connectivity index (χ3n) is 3.65. The smallest absolute Gasteiger partial charge is 0.251 e. The molecule has 0 bridgehead atoms. The van der Waals surface area contributed by atoms with Gasteiger partial charge in [-0.2, -0.15) is 0 Å². The molecule has 104 valence electrons. The van der Waals surface area contributed by atoms with Crippen molar-refractivity contribution in [3.05, 3.63) is 51.5 Å². The minimum Gasteiger partial charge on any atom is -0.345 e. The first-order chi connectivity index (χ1) is 9.78. The van der Waals surface area contributed by atoms with Crippen LogP contribution in [0.4, 0.5) is 0 Å². The molecule has 0 fully saturated rings. The van der Waals surface area contributed by atoms with Crippen LogP contribution in [0.5, 0.6) is 0 Å². The maximum atomic E-state index is 12.3. The number of nitrogens with one attached hydrogen (secondary N) is 1. The largest absolute Gasteiger partial charge is 0.345 e. The Balaban J connectivity index is 1.77. The van der Waals surface area contributed by atoms with Crippen LogP contribution < -0.4 is 11.1 Å². The Morgan fingerprint density at radius 1 is 1.50 bits per heavy atom. The zero-order chi connectivity index (χ0) is 13.9. The number of fused-ring (bicyclic) bond motifs is 1. The molecule has 2 heterocycles. The third kappa shape index (κ3) is 2.59. The van der Waals surface area contributed by atoms with Gasteiger partial charge in [0.2, 0.25) is 0 Å². The second kappa shape index (κ2) is 5.73. The monoisotopic (exact) mass is 287 g/mol. The molecule has 2 aromatic heterocycles. The van der Waals surface area contributed by atoms with E-state index in [0.717, 1.165) is 25.0 Å². The van der Waals surface area contributed by atoms with Gasteiger partial charge < -0.3 is 11.1 Å². The van der Waals surface area contributed by atoms with Crippen molar-refractivity contribution >= 4 is 17.2 Å². The van der Waals surface area contributed by atoms with Crippen molar-refractivity contribution in [2.24, 2.45) is 5.73 Å². The van der Waals surface area contributed by atoms with Gasteiger partial charge in [-0.3, -0.25) is 9.78 Å². The first-order valence-electron chi connectivity index (χ1n) is 6.80. The number of pyridine rings is 1. The van der Waals surface area contributed by atoms with Gasteiger partial charge in [-0.1, -0.05) is 0 Å². The molecular weight excluding hydrogens is 270 g/mol. The van der Waals surface area contributed by atoms with Crippen LogP contribution in [-0.4, -0.2) is 10.9 Å². The van der Waals surface area contributed by atoms with E-state index >= 15 is 0 Å². The molecule has 3 rings (SSSR count). The summed E-state index contributed by atoms with van der Waals surface area (Å²) in [5.74, 6) is -0.0499. The number of aromatic nitrogens is 1. The minimum atomic E-state index is -0.0499. The fraction of sp³-hybridized carbons (Fsp3) is 0.333. The first-order valence-corrected chi connectivity index (χ1v) is 7.68. The summed E-state index contributed by atoms with van der Waals surface area (Å²) in [6.45, 7) is 0.346. The summed E-state index contributed by atoms with van der Waals surface area (Å²) >= 11 is 1.78. The zero-order valence-corrected chi connectivity index (χ0v) is 12.0. The molecule has 0 radical (unpaired) electrons. The van der Waals surface area contributed by atoms with Gasteiger partial charge in [-0.25, -0.2) is 0 Å². The number of hydrogen-bond donors (Lipinski definition) is 2. The summed E-state index contributed by atoms with van der Waals surface area (Å²) in [5, 5.41) is 5.23. The molecule has 3 N–H and O–H groups in total. The van der Waals surface area contributed by atoms with Crippen LogP contribution in [0.3, 0.4) is 0 Å². The van der Waals surface area contributed by atoms with Gasteiger partial charge in [0.15, 0.2) is 0 Å². The molecular formula is C15H17N3OS. The standard InChI is InChI=1S/C15H17N3OS/c16-9-11-8-10(4-6-17-11)15(19)18-13-2-1-3-14-12(13)5-7-20-14/h4-8,13H,1-3,9,16H2,(H,18,19). The van der Waals surface area contributed by atoms with Gasteiger partial charge in [0, 0.05) is 23.2 Å². The zero-order valence-electron chi connectivity index (χ0n) is 11.1. The Labute approximate surface area is 122 Å². The Hall–Kier alpha value is -1.72. The van der Waals surface area contributed by atoms with Gasteiger partial charge in [0.1, 0.15) is 0 Å². The number of aryl methyl sites for hydroxylation is 1. The number of amides is 1. The average molecular weight is 287 g/mol. The number of nitrogens with two attached hydrogens (primary N) is 1. The maximum absolute atomic E-state index is 12.3. The summed E-state index contributed by atoms with van der Waals surface area (Å²) in [6.07, 6.45) is 4.90. The molecule has 5 heteroatoms. The lowest BCUT2D eigenvalue weighted by molar-refractivity contribution is 0.0932. The number of rotatable bonds is 3. The Bertz CT molecular complexity index is 623. The van der Waals surface area contributed by atoms with E-state index < -0.39 is 0 Å². The molecule has 0 aliphatic heterocycles. The van der Waals surface area contributed by atoms with E-state index in [0.29, 0.717) is 12.1 Å². The molecule has 1 aliphatic carbocycles. The van der Waals surface area contributed by atoms with Crippen LogP contribution in [0.15, 0.2) is 29.8 Å². The lowest BCUT2D eigenvalue weighted by Crippen LogP contribution is -2.30. The third-order valence-corrected chi connectivity index (χ3v) is 4.64. The van der Waals surface area contributed by atoms with Crippen LogP contribution >= 0.6 is 11.3 Å². The van der Waals surface area contributed by atoms with E-state index in [9.17, 15) is 4.79 Å². The normalized spacial score (nSPS) is 17.6. The topological polar surface area (TPSA) is 68.0 Å². The van der Waals surface area contributed by atoms with Crippen molar-refractivity contribution in [1.82, 2.24) is 10.3 Å². The van der Waals surface area contributed by atoms with Crippen molar-refractivity contribution in [3.63, 3.8) is 0 Å². The van der Waals surface area contributed by atoms with E-state index in [4.69, 9.17) is 5.73 Å². The summed E-state index contributed by atoms with van der Waals surface area (Å²) in [6, 6.07) is 5.74. The fourth-order valence-electron chi connectivity index (χ4n) is 2.61. The van der Waals surface area contributed by atoms with Crippen LogP contribution in [0.2, 0.25) is 0 Å². The van der Waals surface area contributed by atoms with Crippen LogP contribution in [0.1, 0.15) is 45.4 Å². The number of carbonyl (C=O) groups excluding carboxylic acids is 1. The molecule has 1 aliphatic rings. The SMILES string of the molecule is NCc1cc(C(=O)NC2CCCc3sccc32)ccn1. The summed E-state index contributed by atoms with van der Waals surface area (Å²) in [7, 11) is 0. The minimum absolute atomic E-state index is 0.0499. The van der Waals surface area contributed by atoms with E-state index in [2.05, 4.69) is 21.7 Å². The second-order valence-corrected chi connectivity index (χ2v) is 5.96. The number of thiophene rings is 1. The highest BCUT2D eigenvalue weighted by molar-refractivity contribution is 7.10. The number of nitrogens with zero attached hydrogens (tertiary/aromatic N) is 1. The fourth-order valence-corrected chi connectivity index (χ4v) is 3.60. The van der Waals surface area contributed by atoms with E-state index in [1.165, 1.54) is 10.4 Å². The lowest BCUT2D eigenvalue weighted by atomic mass is 9.94. The van der Waals surface area contributed by atoms with Crippen molar-refractivity contribution < 1.29 is 4.79 Å². The highest BCUT2D eigenvalue weighted by Gasteiger charge is 2.23. The summed E-state index contributed by atoms with van der Waals surface area (Å²) < 4.78 is 0. The molecule has 0 saturated heterocycles. The maximum Gasteiger partial charge on any atom is 0.251 e. The first kappa shape index (κ1) is 13.3. The molecule has 1 unspecified atom stereocenters. The molecule has 1 amide bonds.